The summed E-state index contributed by atoms with van der Waals surface area (Å²) in [5.41, 5.74) is 1.19. The molecule has 112 valence electrons. The van der Waals surface area contributed by atoms with Crippen molar-refractivity contribution in [2.45, 2.75) is 26.4 Å². The first kappa shape index (κ1) is 15.6. The van der Waals surface area contributed by atoms with E-state index in [0.29, 0.717) is 23.6 Å². The van der Waals surface area contributed by atoms with Crippen molar-refractivity contribution in [3.8, 4) is 0 Å². The van der Waals surface area contributed by atoms with E-state index < -0.39 is 23.6 Å². The minimum atomic E-state index is -1.33. The Bertz CT molecular complexity index is 638. The second kappa shape index (κ2) is 6.31. The van der Waals surface area contributed by atoms with Crippen LogP contribution in [-0.2, 0) is 6.42 Å². The van der Waals surface area contributed by atoms with Crippen LogP contribution in [0.15, 0.2) is 36.4 Å². The molecule has 0 aliphatic carbocycles. The molecule has 0 heterocycles. The normalized spacial score (nSPS) is 12.7. The summed E-state index contributed by atoms with van der Waals surface area (Å²) >= 11 is 0. The van der Waals surface area contributed by atoms with E-state index in [9.17, 15) is 18.3 Å². The lowest BCUT2D eigenvalue weighted by molar-refractivity contribution is 0.213. The van der Waals surface area contributed by atoms with Crippen LogP contribution < -0.4 is 0 Å². The van der Waals surface area contributed by atoms with Crippen molar-refractivity contribution in [3.05, 3.63) is 70.5 Å². The van der Waals surface area contributed by atoms with Gasteiger partial charge in [0.05, 0.1) is 0 Å². The Morgan fingerprint density at radius 3 is 2.29 bits per heavy atom. The Kier molecular flexibility index (Phi) is 4.68. The monoisotopic (exact) mass is 294 g/mol. The number of rotatable bonds is 4. The van der Waals surface area contributed by atoms with Gasteiger partial charge in [-0.2, -0.15) is 0 Å². The van der Waals surface area contributed by atoms with Crippen LogP contribution in [0.25, 0.3) is 0 Å². The van der Waals surface area contributed by atoms with Crippen molar-refractivity contribution in [3.63, 3.8) is 0 Å². The predicted molar refractivity (Wildman–Crippen MR) is 75.4 cm³/mol. The van der Waals surface area contributed by atoms with Crippen molar-refractivity contribution in [2.75, 3.05) is 0 Å². The minimum Gasteiger partial charge on any atom is -0.384 e. The van der Waals surface area contributed by atoms with E-state index in [1.165, 1.54) is 0 Å². The van der Waals surface area contributed by atoms with Crippen molar-refractivity contribution in [1.29, 1.82) is 0 Å². The predicted octanol–water partition coefficient (Wildman–Crippen LogP) is 4.38. The van der Waals surface area contributed by atoms with Gasteiger partial charge in [-0.25, -0.2) is 13.2 Å². The first-order valence-electron chi connectivity index (χ1n) is 6.80. The maximum absolute atomic E-state index is 13.7. The zero-order valence-corrected chi connectivity index (χ0v) is 11.9. The minimum absolute atomic E-state index is 0.268. The van der Waals surface area contributed by atoms with E-state index >= 15 is 0 Å². The number of benzene rings is 2. The molecule has 1 nitrogen and oxygen atoms in total. The van der Waals surface area contributed by atoms with Crippen LogP contribution in [0.1, 0.15) is 36.6 Å². The lowest BCUT2D eigenvalue weighted by atomic mass is 9.96. The Balaban J connectivity index is 2.36. The summed E-state index contributed by atoms with van der Waals surface area (Å²) in [5, 5.41) is 10.2. The molecule has 21 heavy (non-hydrogen) atoms. The van der Waals surface area contributed by atoms with E-state index in [4.69, 9.17) is 0 Å². The molecule has 0 fully saturated rings. The third-order valence-corrected chi connectivity index (χ3v) is 3.24. The number of aliphatic hydroxyl groups excluding tert-OH is 1. The standard InChI is InChI=1S/C17H17F3O/c1-10(2)6-11-4-3-5-12(7-11)17(21)13-8-15(19)16(20)9-14(13)18/h3-5,7-10,17,21H,6H2,1-2H3. The molecule has 0 bridgehead atoms. The molecule has 1 N–H and O–H groups in total. The third-order valence-electron chi connectivity index (χ3n) is 3.24. The van der Waals surface area contributed by atoms with Crippen LogP contribution in [0.5, 0.6) is 0 Å². The maximum Gasteiger partial charge on any atom is 0.161 e. The van der Waals surface area contributed by atoms with Crippen molar-refractivity contribution in [1.82, 2.24) is 0 Å². The highest BCUT2D eigenvalue weighted by molar-refractivity contribution is 5.34. The smallest absolute Gasteiger partial charge is 0.161 e. The molecule has 0 saturated carbocycles. The van der Waals surface area contributed by atoms with Gasteiger partial charge in [-0.05, 0) is 29.5 Å². The van der Waals surface area contributed by atoms with Crippen molar-refractivity contribution < 1.29 is 18.3 Å². The van der Waals surface area contributed by atoms with Gasteiger partial charge in [0.1, 0.15) is 11.9 Å². The van der Waals surface area contributed by atoms with Crippen LogP contribution >= 0.6 is 0 Å². The van der Waals surface area contributed by atoms with Gasteiger partial charge >= 0.3 is 0 Å². The summed E-state index contributed by atoms with van der Waals surface area (Å²) in [5.74, 6) is -2.96. The first-order valence-corrected chi connectivity index (χ1v) is 6.80. The Morgan fingerprint density at radius 1 is 0.952 bits per heavy atom. The van der Waals surface area contributed by atoms with Gasteiger partial charge in [0.2, 0.25) is 0 Å². The average molecular weight is 294 g/mol. The van der Waals surface area contributed by atoms with Gasteiger partial charge < -0.3 is 5.11 Å². The molecule has 0 spiro atoms. The number of hydrogen-bond acceptors (Lipinski definition) is 1. The second-order valence-corrected chi connectivity index (χ2v) is 5.53. The molecular formula is C17H17F3O. The van der Waals surface area contributed by atoms with Gasteiger partial charge in [-0.3, -0.25) is 0 Å². The van der Waals surface area contributed by atoms with Crippen molar-refractivity contribution >= 4 is 0 Å². The van der Waals surface area contributed by atoms with Crippen molar-refractivity contribution in [2.24, 2.45) is 5.92 Å². The van der Waals surface area contributed by atoms with E-state index in [-0.39, 0.29) is 5.56 Å². The Morgan fingerprint density at radius 2 is 1.62 bits per heavy atom. The molecule has 4 heteroatoms. The summed E-state index contributed by atoms with van der Waals surface area (Å²) in [6.07, 6.45) is -0.506. The summed E-state index contributed by atoms with van der Waals surface area (Å²) in [4.78, 5) is 0. The van der Waals surface area contributed by atoms with Gasteiger partial charge in [-0.1, -0.05) is 38.1 Å². The van der Waals surface area contributed by atoms with E-state index in [0.717, 1.165) is 12.0 Å². The van der Waals surface area contributed by atoms with Crippen LogP contribution in [0.4, 0.5) is 13.2 Å². The quantitative estimate of drug-likeness (QED) is 0.829. The molecule has 1 atom stereocenters. The highest BCUT2D eigenvalue weighted by atomic mass is 19.2. The highest BCUT2D eigenvalue weighted by Crippen LogP contribution is 2.27. The molecule has 0 aliphatic rings. The fourth-order valence-electron chi connectivity index (χ4n) is 2.29. The lowest BCUT2D eigenvalue weighted by Gasteiger charge is -2.14. The van der Waals surface area contributed by atoms with Crippen LogP contribution in [-0.4, -0.2) is 5.11 Å². The number of hydrogen-bond donors (Lipinski definition) is 1. The first-order chi connectivity index (χ1) is 9.88. The summed E-state index contributed by atoms with van der Waals surface area (Å²) in [6.45, 7) is 4.14. The zero-order chi connectivity index (χ0) is 15.6. The molecule has 0 aliphatic heterocycles. The molecular weight excluding hydrogens is 277 g/mol. The third kappa shape index (κ3) is 3.64. The summed E-state index contributed by atoms with van der Waals surface area (Å²) < 4.78 is 39.9. The van der Waals surface area contributed by atoms with Crippen LogP contribution in [0.3, 0.4) is 0 Å². The highest BCUT2D eigenvalue weighted by Gasteiger charge is 2.18. The SMILES string of the molecule is CC(C)Cc1cccc(C(O)c2cc(F)c(F)cc2F)c1. The topological polar surface area (TPSA) is 20.2 Å². The lowest BCUT2D eigenvalue weighted by Crippen LogP contribution is -2.05. The molecule has 0 amide bonds. The molecule has 0 radical (unpaired) electrons. The Labute approximate surface area is 122 Å². The van der Waals surface area contributed by atoms with E-state index in [1.807, 2.05) is 6.07 Å². The van der Waals surface area contributed by atoms with Gasteiger partial charge in [0, 0.05) is 11.6 Å². The van der Waals surface area contributed by atoms with Gasteiger partial charge in [-0.15, -0.1) is 0 Å². The average Bonchev–Trinajstić information content (AvgIpc) is 2.41. The number of halogens is 3. The molecule has 1 unspecified atom stereocenters. The zero-order valence-electron chi connectivity index (χ0n) is 11.9. The molecule has 0 saturated heterocycles. The van der Waals surface area contributed by atoms with E-state index in [2.05, 4.69) is 13.8 Å². The maximum atomic E-state index is 13.7. The number of aliphatic hydroxyl groups is 1. The summed E-state index contributed by atoms with van der Waals surface area (Å²) in [6, 6.07) is 8.21. The largest absolute Gasteiger partial charge is 0.384 e. The van der Waals surface area contributed by atoms with Crippen LogP contribution in [0.2, 0.25) is 0 Å². The summed E-state index contributed by atoms with van der Waals surface area (Å²) in [7, 11) is 0. The molecule has 2 aromatic rings. The molecule has 0 aromatic heterocycles. The fourth-order valence-corrected chi connectivity index (χ4v) is 2.29. The second-order valence-electron chi connectivity index (χ2n) is 5.53. The Hall–Kier alpha value is -1.81. The van der Waals surface area contributed by atoms with Crippen LogP contribution in [0, 0.1) is 23.4 Å². The molecule has 2 rings (SSSR count). The fraction of sp³-hybridized carbons (Fsp3) is 0.294. The van der Waals surface area contributed by atoms with Gasteiger partial charge in [0.25, 0.3) is 0 Å². The van der Waals surface area contributed by atoms with Gasteiger partial charge in [0.15, 0.2) is 11.6 Å². The van der Waals surface area contributed by atoms with E-state index in [1.54, 1.807) is 18.2 Å². The molecule has 2 aromatic carbocycles.